The largest absolute Gasteiger partial charge is 0.503 e. The molecule has 0 aliphatic carbocycles. The van der Waals surface area contributed by atoms with E-state index in [0.29, 0.717) is 28.2 Å². The van der Waals surface area contributed by atoms with Crippen LogP contribution in [0.4, 0.5) is 34.6 Å². The van der Waals surface area contributed by atoms with Crippen LogP contribution in [-0.4, -0.2) is 257 Å². The van der Waals surface area contributed by atoms with Crippen molar-refractivity contribution in [3.05, 3.63) is 146 Å². The molecular formula is C85H116N22O30S4. The number of aliphatic hydroxyl groups is 3. The van der Waals surface area contributed by atoms with Gasteiger partial charge in [-0.1, -0.05) is 65.8 Å². The van der Waals surface area contributed by atoms with Gasteiger partial charge in [0.25, 0.3) is 0 Å². The Kier molecular flexibility index (Phi) is 42.0. The summed E-state index contributed by atoms with van der Waals surface area (Å²) in [4.78, 5) is 199. The number of benzene rings is 2. The van der Waals surface area contributed by atoms with Gasteiger partial charge in [-0.15, -0.1) is 0 Å². The first-order valence-electron chi connectivity index (χ1n) is 42.4. The number of aromatic nitrogens is 8. The number of β-lactam (4-membered cyclic amide) rings is 3. The van der Waals surface area contributed by atoms with Gasteiger partial charge in [-0.2, -0.15) is 41.2 Å². The van der Waals surface area contributed by atoms with Crippen LogP contribution >= 0.6 is 34.6 Å². The van der Waals surface area contributed by atoms with Gasteiger partial charge >= 0.3 is 52.5 Å². The number of nitrogens with zero attached hydrogens (tertiary/aromatic N) is 9. The van der Waals surface area contributed by atoms with Crippen molar-refractivity contribution < 1.29 is 135 Å². The van der Waals surface area contributed by atoms with Crippen LogP contribution in [0.2, 0.25) is 0 Å². The second-order valence-electron chi connectivity index (χ2n) is 36.2. The molecule has 6 atom stereocenters. The number of nitrogens with one attached hydrogen (secondary N) is 11. The van der Waals surface area contributed by atoms with Crippen LogP contribution in [0.1, 0.15) is 184 Å². The molecule has 2 aromatic carbocycles. The number of urea groups is 2. The van der Waals surface area contributed by atoms with Gasteiger partial charge in [0, 0.05) is 97.5 Å². The first kappa shape index (κ1) is 117. The van der Waals surface area contributed by atoms with Gasteiger partial charge in [0.2, 0.25) is 50.3 Å². The fraction of sp³-hybridized carbons (Fsp3) is 0.482. The minimum absolute atomic E-state index is 0.0293. The maximum Gasteiger partial charge on any atom is 0.414 e. The number of anilines is 3. The summed E-state index contributed by atoms with van der Waals surface area (Å²) in [5.74, 6) is -10.6. The molecule has 0 spiro atoms. The summed E-state index contributed by atoms with van der Waals surface area (Å²) >= 11 is 2.28. The van der Waals surface area contributed by atoms with Gasteiger partial charge in [-0.3, -0.25) is 64.4 Å². The third-order valence-electron chi connectivity index (χ3n) is 18.1. The van der Waals surface area contributed by atoms with Crippen LogP contribution in [0.25, 0.3) is 0 Å². The number of hydrogen-bond donors (Lipinski definition) is 20. The fourth-order valence-electron chi connectivity index (χ4n) is 11.0. The van der Waals surface area contributed by atoms with Gasteiger partial charge in [0.15, 0.2) is 62.5 Å². The van der Waals surface area contributed by atoms with Gasteiger partial charge in [0.05, 0.1) is 67.5 Å². The lowest BCUT2D eigenvalue weighted by atomic mass is 9.85. The topological polar surface area (TPSA) is 797 Å². The third-order valence-corrected chi connectivity index (χ3v) is 20.8. The molecule has 22 N–H and O–H groups in total. The molecule has 10 rings (SSSR count). The number of Topliss-reactive ketones (excluding diaryl/α,β-unsaturated/α-hetero) is 3. The van der Waals surface area contributed by atoms with E-state index >= 15 is 0 Å². The zero-order valence-electron chi connectivity index (χ0n) is 80.0. The lowest BCUT2D eigenvalue weighted by Gasteiger charge is -2.43. The molecule has 770 valence electrons. The van der Waals surface area contributed by atoms with Gasteiger partial charge in [-0.25, -0.2) is 37.9 Å². The molecule has 0 unspecified atom stereocenters. The van der Waals surface area contributed by atoms with E-state index in [0.717, 1.165) is 54.1 Å². The van der Waals surface area contributed by atoms with Crippen molar-refractivity contribution in [2.24, 2.45) is 28.6 Å². The van der Waals surface area contributed by atoms with Crippen molar-refractivity contribution in [1.29, 1.82) is 10.8 Å². The average Bonchev–Trinajstić information content (AvgIpc) is 1.19. The Morgan fingerprint density at radius 1 is 0.574 bits per heavy atom. The van der Waals surface area contributed by atoms with E-state index in [1.807, 2.05) is 60.7 Å². The first-order valence-corrected chi connectivity index (χ1v) is 46.1. The van der Waals surface area contributed by atoms with Crippen molar-refractivity contribution in [1.82, 2.24) is 74.0 Å². The van der Waals surface area contributed by atoms with Crippen molar-refractivity contribution in [3.8, 4) is 11.5 Å². The number of H-pyrrole nitrogens is 1. The highest BCUT2D eigenvalue weighted by Gasteiger charge is 2.54. The van der Waals surface area contributed by atoms with E-state index in [-0.39, 0.29) is 118 Å². The normalized spacial score (nSPS) is 16.1. The number of aliphatic hydroxyl groups excluding tert-OH is 1. The zero-order chi connectivity index (χ0) is 107. The first-order chi connectivity index (χ1) is 65.1. The molecule has 0 radical (unpaired) electrons. The summed E-state index contributed by atoms with van der Waals surface area (Å²) in [7, 11) is -5.11. The number of oxime groups is 1. The predicted molar refractivity (Wildman–Crippen MR) is 506 cm³/mol. The van der Waals surface area contributed by atoms with Crippen molar-refractivity contribution in [2.75, 3.05) is 36.0 Å². The van der Waals surface area contributed by atoms with Crippen LogP contribution in [0.5, 0.6) is 11.5 Å². The number of amides is 9. The second kappa shape index (κ2) is 50.5. The van der Waals surface area contributed by atoms with E-state index in [1.165, 1.54) is 40.0 Å². The van der Waals surface area contributed by atoms with Crippen LogP contribution in [-0.2, 0) is 104 Å². The molecule has 3 aliphatic heterocycles. The lowest BCUT2D eigenvalue weighted by molar-refractivity contribution is -0.174. The minimum Gasteiger partial charge on any atom is -0.503 e. The molecule has 141 heavy (non-hydrogen) atoms. The Hall–Kier alpha value is -14.3. The number of ketones is 3. The Bertz CT molecular complexity index is 5890. The quantitative estimate of drug-likeness (QED) is 0.00531. The second-order valence-corrected chi connectivity index (χ2v) is 39.8. The smallest absolute Gasteiger partial charge is 0.414 e. The van der Waals surface area contributed by atoms with Crippen LogP contribution in [0.3, 0.4) is 0 Å². The molecular weight excluding hydrogens is 1940 g/mol. The Morgan fingerprint density at radius 2 is 1.02 bits per heavy atom. The molecule has 0 saturated carbocycles. The van der Waals surface area contributed by atoms with Gasteiger partial charge < -0.3 is 108 Å². The molecule has 5 aromatic heterocycles. The highest BCUT2D eigenvalue weighted by Crippen LogP contribution is 2.33. The number of esters is 2. The maximum atomic E-state index is 13.1. The SMILES string of the molecule is CC(C)(C)OC(=O)C(C)(C)O.CC(C)(C)OC(=O)C(C)(C)O.CC(C)(C)OC(=O)Nc1nc(C(=N)C(=O)C[C@@H]2C(=O)N[C@@H]2CN)ns1.CC(C)(C)OC(=O)Nc1nc(C(=N)C(=O)C[C@@H]2C(=O)N[C@@H]2CNC(=O)NCc2cc(=O)c(OCc3ccccc3)c[nH]2)ns1.CC(C)(O/N=C(\C(=O)C[C@@H]1C(=O)N(S(=O)(=O)O)[C@@H]1CNC(=O)NCc1cc(=O)c(O)cn1O)c1nsc(N)n1)C(=O)O.OCc1ccccc1. The number of aromatic hydroxyl groups is 1. The maximum absolute atomic E-state index is 13.1. The Balaban J connectivity index is 0.000000330. The van der Waals surface area contributed by atoms with E-state index < -0.39 is 193 Å². The molecule has 7 aromatic rings. The summed E-state index contributed by atoms with van der Waals surface area (Å²) in [5.41, 5.74) is 3.39. The molecule has 8 heterocycles. The summed E-state index contributed by atoms with van der Waals surface area (Å²) < 4.78 is 70.8. The van der Waals surface area contributed by atoms with Crippen molar-refractivity contribution in [3.63, 3.8) is 0 Å². The summed E-state index contributed by atoms with van der Waals surface area (Å²) in [6.45, 7) is 28.4. The number of pyridine rings is 2. The van der Waals surface area contributed by atoms with E-state index in [1.54, 1.807) is 83.1 Å². The number of nitrogen functional groups attached to an aromatic ring is 1. The summed E-state index contributed by atoms with van der Waals surface area (Å²) in [6, 6.07) is 17.3. The number of hydrogen-bond acceptors (Lipinski definition) is 42. The number of aliphatic carboxylic acids is 1. The van der Waals surface area contributed by atoms with Crippen LogP contribution < -0.4 is 69.6 Å². The number of carboxylic acid groups (broad SMARTS) is 1. The summed E-state index contributed by atoms with van der Waals surface area (Å²) in [6.07, 6.45) is -0.485. The number of aromatic amines is 1. The molecule has 3 saturated heterocycles. The number of carbonyl (C=O) groups excluding carboxylic acids is 12. The van der Waals surface area contributed by atoms with E-state index in [9.17, 15) is 111 Å². The zero-order valence-corrected chi connectivity index (χ0v) is 83.2. The third kappa shape index (κ3) is 39.5. The predicted octanol–water partition coefficient (Wildman–Crippen LogP) is 3.65. The monoisotopic (exact) mass is 2050 g/mol. The van der Waals surface area contributed by atoms with Crippen molar-refractivity contribution >= 4 is 155 Å². The highest BCUT2D eigenvalue weighted by atomic mass is 32.2. The Morgan fingerprint density at radius 3 is 1.43 bits per heavy atom. The molecule has 3 fully saturated rings. The average molecular weight is 2050 g/mol. The molecule has 3 aliphatic rings. The molecule has 56 heteroatoms. The van der Waals surface area contributed by atoms with Crippen LogP contribution in [0.15, 0.2) is 99.9 Å². The molecule has 52 nitrogen and oxygen atoms in total. The standard InChI is InChI=1S/C28H32N8O7S.C20H24N8O12S2.C14H20N6O4S.2C8H16O3.C7H8O/c1-28(2,3)43-27(41)35-26-34-23(36-44-26)22(29)20(38)10-17-18(33-24(17)39)12-32-25(40)31-11-16-9-19(37)21(13-30-16)42-14-15-7-5-4-6-8-15;1-20(2,17(33)34)40-25-14(15-24-18(21)41-26-15)12(30)4-9-10(28(16(9)32)42(37,38)39)6-23-19(35)22-5-8-3-11(29)13(31)7-27(8)36;1-14(2,3)24-13(23)19-12-18-10(20-25-12)9(16)8(21)4-6-7(5-15)17-11(6)22;2*1-7(2,3)11-6(9)8(4,5)10;8-6-7-4-2-1-3-5-7/h4-9,13,17-18,29H,10-12,14H2,1-3H3,(H,30,37)(H,33,39)(H2,31,32,40)(H,34,35,36,41);3,7,9-10,31,36H,4-6H2,1-2H3,(H,33,34)(H2,21,24,26)(H2,22,23,35)(H,37,38,39);6-7,16H,4-5,15H2,1-3H3,(H,17,22)(H,18,19,20,23);2*10H,1-5H3;1-5,8H,6H2/b;25-14+;;;;/t17-,18+;9-,10+;6-,7+;;;/m000.../s1. The van der Waals surface area contributed by atoms with Crippen LogP contribution in [0, 0.1) is 28.6 Å². The van der Waals surface area contributed by atoms with Gasteiger partial charge in [-0.05, 0) is 136 Å². The van der Waals surface area contributed by atoms with Gasteiger partial charge in [0.1, 0.15) is 40.4 Å². The van der Waals surface area contributed by atoms with E-state index in [2.05, 4.69) is 80.7 Å². The fourth-order valence-corrected chi connectivity index (χ4v) is 13.5. The number of carboxylic acids is 1. The minimum atomic E-state index is -5.11. The number of carbonyl (C=O) groups is 13. The lowest BCUT2D eigenvalue weighted by Crippen LogP contribution is -2.66. The van der Waals surface area contributed by atoms with Crippen molar-refractivity contribution in [2.45, 2.75) is 228 Å². The number of ether oxygens (including phenoxy) is 5. The summed E-state index contributed by atoms with van der Waals surface area (Å²) in [5, 5.41) is 94.5. The molecule has 9 amide bonds. The highest BCUT2D eigenvalue weighted by molar-refractivity contribution is 7.84. The number of rotatable bonds is 33. The van der Waals surface area contributed by atoms with E-state index in [4.69, 9.17) is 55.9 Å². The number of nitrogens with two attached hydrogens (primary N) is 2. The Labute approximate surface area is 819 Å². The molecule has 0 bridgehead atoms.